The predicted molar refractivity (Wildman–Crippen MR) is 91.7 cm³/mol. The Labute approximate surface area is 139 Å². The largest absolute Gasteiger partial charge is 0.329 e. The van der Waals surface area contributed by atoms with E-state index in [1.54, 1.807) is 36.4 Å². The van der Waals surface area contributed by atoms with Gasteiger partial charge in [-0.2, -0.15) is 5.10 Å². The molecule has 0 aromatic heterocycles. The minimum Gasteiger partial charge on any atom is -0.318 e. The first-order valence-corrected chi connectivity index (χ1v) is 7.31. The fourth-order valence-electron chi connectivity index (χ4n) is 1.81. The van der Waals surface area contributed by atoms with Gasteiger partial charge < -0.3 is 5.32 Å². The van der Waals surface area contributed by atoms with Crippen LogP contribution in [0.25, 0.3) is 0 Å². The molecule has 0 spiro atoms. The van der Waals surface area contributed by atoms with Gasteiger partial charge in [0.15, 0.2) is 0 Å². The molecule has 0 saturated carbocycles. The fourth-order valence-corrected chi connectivity index (χ4v) is 2.01. The van der Waals surface area contributed by atoms with Gasteiger partial charge in [0.05, 0.1) is 6.21 Å². The second-order valence-electron chi connectivity index (χ2n) is 5.01. The highest BCUT2D eigenvalue weighted by atomic mass is 35.5. The first-order valence-electron chi connectivity index (χ1n) is 6.93. The summed E-state index contributed by atoms with van der Waals surface area (Å²) in [4.78, 5) is 23.5. The summed E-state index contributed by atoms with van der Waals surface area (Å²) in [6.45, 7) is 3.90. The third-order valence-corrected chi connectivity index (χ3v) is 3.43. The number of aryl methyl sites for hydroxylation is 2. The molecule has 0 aliphatic carbocycles. The molecule has 2 amide bonds. The highest BCUT2D eigenvalue weighted by Gasteiger charge is 2.12. The zero-order valence-electron chi connectivity index (χ0n) is 12.8. The molecule has 0 saturated heterocycles. The van der Waals surface area contributed by atoms with Gasteiger partial charge in [-0.3, -0.25) is 9.59 Å². The summed E-state index contributed by atoms with van der Waals surface area (Å²) in [7, 11) is 0. The number of hydrogen-bond acceptors (Lipinski definition) is 3. The Balaban J connectivity index is 1.92. The van der Waals surface area contributed by atoms with Crippen LogP contribution in [0, 0.1) is 13.8 Å². The Hall–Kier alpha value is -2.66. The van der Waals surface area contributed by atoms with Crippen LogP contribution in [0.4, 0.5) is 5.69 Å². The van der Waals surface area contributed by atoms with E-state index < -0.39 is 11.8 Å². The van der Waals surface area contributed by atoms with E-state index in [2.05, 4.69) is 15.8 Å². The number of nitrogens with one attached hydrogen (secondary N) is 2. The number of anilines is 1. The molecule has 0 aliphatic rings. The topological polar surface area (TPSA) is 70.6 Å². The van der Waals surface area contributed by atoms with Gasteiger partial charge in [-0.05, 0) is 54.8 Å². The van der Waals surface area contributed by atoms with Crippen LogP contribution in [0.1, 0.15) is 16.7 Å². The zero-order chi connectivity index (χ0) is 16.8. The maximum atomic E-state index is 11.8. The van der Waals surface area contributed by atoms with Crippen molar-refractivity contribution in [2.45, 2.75) is 13.8 Å². The number of nitrogens with zero attached hydrogens (tertiary/aromatic N) is 1. The predicted octanol–water partition coefficient (Wildman–Crippen LogP) is 3.05. The Morgan fingerprint density at radius 3 is 2.52 bits per heavy atom. The number of carbonyl (C=O) groups is 2. The molecule has 0 heterocycles. The molecule has 2 aromatic rings. The average Bonchev–Trinajstić information content (AvgIpc) is 2.51. The van der Waals surface area contributed by atoms with E-state index in [1.807, 2.05) is 19.9 Å². The van der Waals surface area contributed by atoms with Crippen molar-refractivity contribution in [3.05, 3.63) is 64.2 Å². The second-order valence-corrected chi connectivity index (χ2v) is 5.44. The van der Waals surface area contributed by atoms with E-state index in [9.17, 15) is 9.59 Å². The molecule has 0 atom stereocenters. The lowest BCUT2D eigenvalue weighted by atomic mass is 10.1. The highest BCUT2D eigenvalue weighted by Crippen LogP contribution is 2.14. The van der Waals surface area contributed by atoms with Gasteiger partial charge in [0.2, 0.25) is 0 Å². The van der Waals surface area contributed by atoms with E-state index >= 15 is 0 Å². The lowest BCUT2D eigenvalue weighted by molar-refractivity contribution is -0.136. The number of rotatable bonds is 3. The number of benzene rings is 2. The lowest BCUT2D eigenvalue weighted by Crippen LogP contribution is -2.32. The van der Waals surface area contributed by atoms with Gasteiger partial charge in [0, 0.05) is 10.7 Å². The van der Waals surface area contributed by atoms with E-state index in [1.165, 1.54) is 6.21 Å². The molecule has 0 aliphatic heterocycles. The van der Waals surface area contributed by atoms with E-state index in [4.69, 9.17) is 11.6 Å². The Morgan fingerprint density at radius 1 is 1.04 bits per heavy atom. The van der Waals surface area contributed by atoms with E-state index in [0.717, 1.165) is 11.1 Å². The molecule has 0 radical (unpaired) electrons. The first-order chi connectivity index (χ1) is 11.0. The van der Waals surface area contributed by atoms with Crippen LogP contribution in [0.2, 0.25) is 5.02 Å². The number of hydrazone groups is 1. The molecule has 2 aromatic carbocycles. The van der Waals surface area contributed by atoms with Crippen molar-refractivity contribution >= 4 is 35.3 Å². The van der Waals surface area contributed by atoms with Crippen LogP contribution in [0.5, 0.6) is 0 Å². The SMILES string of the molecule is Cc1ccc(NC(=O)C(=O)NN=Cc2cccc(Cl)c2)cc1C. The standard InChI is InChI=1S/C17H16ClN3O2/c1-11-6-7-15(8-12(11)2)20-16(22)17(23)21-19-10-13-4-3-5-14(18)9-13/h3-10H,1-2H3,(H,20,22)(H,21,23). The van der Waals surface area contributed by atoms with Crippen molar-refractivity contribution in [1.82, 2.24) is 5.43 Å². The molecule has 0 fully saturated rings. The zero-order valence-corrected chi connectivity index (χ0v) is 13.5. The molecule has 0 bridgehead atoms. The third-order valence-electron chi connectivity index (χ3n) is 3.20. The van der Waals surface area contributed by atoms with Gasteiger partial charge in [0.25, 0.3) is 0 Å². The van der Waals surface area contributed by atoms with E-state index in [-0.39, 0.29) is 0 Å². The van der Waals surface area contributed by atoms with Crippen molar-refractivity contribution in [3.63, 3.8) is 0 Å². The molecule has 118 valence electrons. The first kappa shape index (κ1) is 16.7. The molecule has 23 heavy (non-hydrogen) atoms. The maximum absolute atomic E-state index is 11.8. The lowest BCUT2D eigenvalue weighted by Gasteiger charge is -2.06. The third kappa shape index (κ3) is 4.93. The molecular weight excluding hydrogens is 314 g/mol. The van der Waals surface area contributed by atoms with Gasteiger partial charge in [-0.25, -0.2) is 5.43 Å². The molecule has 2 rings (SSSR count). The van der Waals surface area contributed by atoms with Crippen LogP contribution in [-0.4, -0.2) is 18.0 Å². The average molecular weight is 330 g/mol. The summed E-state index contributed by atoms with van der Waals surface area (Å²) < 4.78 is 0. The van der Waals surface area contributed by atoms with Crippen LogP contribution in [-0.2, 0) is 9.59 Å². The van der Waals surface area contributed by atoms with Crippen molar-refractivity contribution in [1.29, 1.82) is 0 Å². The van der Waals surface area contributed by atoms with Gasteiger partial charge in [-0.1, -0.05) is 29.8 Å². The molecule has 5 nitrogen and oxygen atoms in total. The summed E-state index contributed by atoms with van der Waals surface area (Å²) >= 11 is 5.84. The molecule has 0 unspecified atom stereocenters. The molecule has 2 N–H and O–H groups in total. The van der Waals surface area contributed by atoms with Gasteiger partial charge >= 0.3 is 11.8 Å². The summed E-state index contributed by atoms with van der Waals surface area (Å²) in [5, 5.41) is 6.82. The Morgan fingerprint density at radius 2 is 1.83 bits per heavy atom. The van der Waals surface area contributed by atoms with E-state index in [0.29, 0.717) is 16.3 Å². The van der Waals surface area contributed by atoms with Crippen LogP contribution >= 0.6 is 11.6 Å². The molecule has 6 heteroatoms. The van der Waals surface area contributed by atoms with Crippen molar-refractivity contribution in [2.24, 2.45) is 5.10 Å². The number of hydrogen-bond donors (Lipinski definition) is 2. The van der Waals surface area contributed by atoms with Crippen molar-refractivity contribution in [3.8, 4) is 0 Å². The number of halogens is 1. The van der Waals surface area contributed by atoms with Crippen LogP contribution in [0.15, 0.2) is 47.6 Å². The van der Waals surface area contributed by atoms with Crippen LogP contribution in [0.3, 0.4) is 0 Å². The normalized spacial score (nSPS) is 10.6. The van der Waals surface area contributed by atoms with Crippen LogP contribution < -0.4 is 10.7 Å². The fraction of sp³-hybridized carbons (Fsp3) is 0.118. The number of carbonyl (C=O) groups excluding carboxylic acids is 2. The number of amides is 2. The summed E-state index contributed by atoms with van der Waals surface area (Å²) in [6.07, 6.45) is 1.41. The summed E-state index contributed by atoms with van der Waals surface area (Å²) in [5.41, 5.74) is 5.59. The summed E-state index contributed by atoms with van der Waals surface area (Å²) in [5.74, 6) is -1.63. The Kier molecular flexibility index (Phi) is 5.49. The minimum atomic E-state index is -0.846. The second kappa shape index (κ2) is 7.56. The van der Waals surface area contributed by atoms with Gasteiger partial charge in [0.1, 0.15) is 0 Å². The smallest absolute Gasteiger partial charge is 0.318 e. The monoisotopic (exact) mass is 329 g/mol. The Bertz CT molecular complexity index is 772. The minimum absolute atomic E-state index is 0.562. The highest BCUT2D eigenvalue weighted by molar-refractivity contribution is 6.39. The quantitative estimate of drug-likeness (QED) is 0.516. The van der Waals surface area contributed by atoms with Crippen molar-refractivity contribution in [2.75, 3.05) is 5.32 Å². The summed E-state index contributed by atoms with van der Waals surface area (Å²) in [6, 6.07) is 12.4. The van der Waals surface area contributed by atoms with Gasteiger partial charge in [-0.15, -0.1) is 0 Å². The maximum Gasteiger partial charge on any atom is 0.329 e. The molecular formula is C17H16ClN3O2. The van der Waals surface area contributed by atoms with Crippen molar-refractivity contribution < 1.29 is 9.59 Å².